The largest absolute Gasteiger partial charge is 0.416 e. The molecule has 2 fully saturated rings. The van der Waals surface area contributed by atoms with E-state index in [2.05, 4.69) is 32.5 Å². The van der Waals surface area contributed by atoms with Crippen LogP contribution in [0.5, 0.6) is 0 Å². The van der Waals surface area contributed by atoms with Crippen LogP contribution in [0, 0.1) is 5.92 Å². The molecule has 0 atom stereocenters. The molecule has 1 aromatic carbocycles. The van der Waals surface area contributed by atoms with Crippen molar-refractivity contribution in [2.24, 2.45) is 10.9 Å². The van der Waals surface area contributed by atoms with Crippen LogP contribution in [0.2, 0.25) is 0 Å². The van der Waals surface area contributed by atoms with Gasteiger partial charge in [-0.3, -0.25) is 4.99 Å². The van der Waals surface area contributed by atoms with E-state index in [0.29, 0.717) is 24.7 Å². The lowest BCUT2D eigenvalue weighted by Gasteiger charge is -2.35. The highest BCUT2D eigenvalue weighted by Crippen LogP contribution is 2.33. The van der Waals surface area contributed by atoms with Crippen LogP contribution < -0.4 is 15.5 Å². The van der Waals surface area contributed by atoms with Crippen molar-refractivity contribution in [3.05, 3.63) is 29.3 Å². The van der Waals surface area contributed by atoms with Crippen molar-refractivity contribution < 1.29 is 17.9 Å². The molecule has 3 rings (SSSR count). The molecule has 6 nitrogen and oxygen atoms in total. The molecule has 2 aliphatic rings. The first-order valence-electron chi connectivity index (χ1n) is 11.0. The Balaban J connectivity index is 1.56. The lowest BCUT2D eigenvalue weighted by Crippen LogP contribution is -2.45. The Hall–Kier alpha value is -2.00. The Kier molecular flexibility index (Phi) is 8.43. The predicted molar refractivity (Wildman–Crippen MR) is 118 cm³/mol. The zero-order chi connectivity index (χ0) is 22.3. The SMILES string of the molecule is CN=C(NCCCOCC1CC1)NCc1cc(C(F)(F)F)ccc1N1CCN(C)CC1. The summed E-state index contributed by atoms with van der Waals surface area (Å²) >= 11 is 0. The minimum Gasteiger partial charge on any atom is -0.381 e. The van der Waals surface area contributed by atoms with Gasteiger partial charge in [0.2, 0.25) is 0 Å². The molecule has 0 spiro atoms. The molecular formula is C22H34F3N5O. The Morgan fingerprint density at radius 3 is 2.55 bits per heavy atom. The standard InChI is InChI=1S/C22H34F3N5O/c1-26-21(27-8-3-13-31-16-17-4-5-17)28-15-18-14-19(22(23,24)25)6-7-20(18)30-11-9-29(2)10-12-30/h6-7,14,17H,3-5,8-13,15-16H2,1-2H3,(H2,26,27,28). The Bertz CT molecular complexity index is 728. The molecule has 1 saturated carbocycles. The zero-order valence-electron chi connectivity index (χ0n) is 18.5. The minimum atomic E-state index is -4.37. The summed E-state index contributed by atoms with van der Waals surface area (Å²) in [6.45, 7) is 5.87. The van der Waals surface area contributed by atoms with Gasteiger partial charge in [-0.2, -0.15) is 13.2 Å². The summed E-state index contributed by atoms with van der Waals surface area (Å²) in [5, 5.41) is 6.37. The highest BCUT2D eigenvalue weighted by Gasteiger charge is 2.31. The summed E-state index contributed by atoms with van der Waals surface area (Å²) in [5.74, 6) is 1.33. The molecule has 0 unspecified atom stereocenters. The third-order valence-electron chi connectivity index (χ3n) is 5.73. The van der Waals surface area contributed by atoms with E-state index in [9.17, 15) is 13.2 Å². The van der Waals surface area contributed by atoms with E-state index in [1.165, 1.54) is 25.0 Å². The summed E-state index contributed by atoms with van der Waals surface area (Å²) in [5.41, 5.74) is 0.838. The average Bonchev–Trinajstić information content (AvgIpc) is 3.57. The van der Waals surface area contributed by atoms with Crippen molar-refractivity contribution in [3.8, 4) is 0 Å². The topological polar surface area (TPSA) is 52.1 Å². The summed E-state index contributed by atoms with van der Waals surface area (Å²) in [7, 11) is 3.71. The third-order valence-corrected chi connectivity index (χ3v) is 5.73. The van der Waals surface area contributed by atoms with Crippen LogP contribution in [-0.4, -0.2) is 70.9 Å². The molecule has 31 heavy (non-hydrogen) atoms. The molecule has 1 aromatic rings. The number of nitrogens with zero attached hydrogens (tertiary/aromatic N) is 3. The maximum absolute atomic E-state index is 13.3. The molecule has 174 valence electrons. The van der Waals surface area contributed by atoms with Crippen LogP contribution >= 0.6 is 0 Å². The van der Waals surface area contributed by atoms with E-state index in [1.54, 1.807) is 13.1 Å². The number of benzene rings is 1. The molecule has 1 aliphatic heterocycles. The molecule has 2 N–H and O–H groups in total. The molecule has 0 radical (unpaired) electrons. The lowest BCUT2D eigenvalue weighted by molar-refractivity contribution is -0.137. The van der Waals surface area contributed by atoms with Gasteiger partial charge in [-0.15, -0.1) is 0 Å². The number of likely N-dealkylation sites (N-methyl/N-ethyl adjacent to an activating group) is 1. The zero-order valence-corrected chi connectivity index (χ0v) is 18.5. The van der Waals surface area contributed by atoms with Gasteiger partial charge in [-0.1, -0.05) is 0 Å². The number of hydrogen-bond donors (Lipinski definition) is 2. The molecule has 9 heteroatoms. The number of hydrogen-bond acceptors (Lipinski definition) is 4. The summed E-state index contributed by atoms with van der Waals surface area (Å²) in [6, 6.07) is 4.02. The first-order valence-corrected chi connectivity index (χ1v) is 11.0. The van der Waals surface area contributed by atoms with Crippen molar-refractivity contribution in [2.75, 3.05) is 64.9 Å². The molecule has 1 heterocycles. The van der Waals surface area contributed by atoms with Gasteiger partial charge in [0, 0.05) is 65.2 Å². The van der Waals surface area contributed by atoms with Crippen LogP contribution in [-0.2, 0) is 17.5 Å². The second-order valence-corrected chi connectivity index (χ2v) is 8.36. The van der Waals surface area contributed by atoms with Crippen LogP contribution in [0.15, 0.2) is 23.2 Å². The lowest BCUT2D eigenvalue weighted by atomic mass is 10.1. The smallest absolute Gasteiger partial charge is 0.381 e. The predicted octanol–water partition coefficient (Wildman–Crippen LogP) is 2.94. The fourth-order valence-corrected chi connectivity index (χ4v) is 3.57. The van der Waals surface area contributed by atoms with E-state index in [1.807, 2.05) is 0 Å². The monoisotopic (exact) mass is 441 g/mol. The van der Waals surface area contributed by atoms with Crippen LogP contribution in [0.4, 0.5) is 18.9 Å². The van der Waals surface area contributed by atoms with Crippen molar-refractivity contribution in [1.82, 2.24) is 15.5 Å². The number of anilines is 1. The first-order chi connectivity index (χ1) is 14.9. The van der Waals surface area contributed by atoms with Gasteiger partial charge in [-0.25, -0.2) is 0 Å². The third kappa shape index (κ3) is 7.57. The van der Waals surface area contributed by atoms with E-state index in [0.717, 1.165) is 50.8 Å². The van der Waals surface area contributed by atoms with Crippen molar-refractivity contribution in [2.45, 2.75) is 32.0 Å². The maximum Gasteiger partial charge on any atom is 0.416 e. The average molecular weight is 442 g/mol. The fraction of sp³-hybridized carbons (Fsp3) is 0.682. The Morgan fingerprint density at radius 1 is 1.16 bits per heavy atom. The van der Waals surface area contributed by atoms with Gasteiger partial charge in [0.05, 0.1) is 5.56 Å². The fourth-order valence-electron chi connectivity index (χ4n) is 3.57. The molecule has 0 amide bonds. The minimum absolute atomic E-state index is 0.267. The second-order valence-electron chi connectivity index (χ2n) is 8.36. The molecule has 0 aromatic heterocycles. The van der Waals surface area contributed by atoms with Gasteiger partial charge < -0.3 is 25.2 Å². The van der Waals surface area contributed by atoms with E-state index < -0.39 is 11.7 Å². The Morgan fingerprint density at radius 2 is 1.90 bits per heavy atom. The van der Waals surface area contributed by atoms with Gasteiger partial charge in [0.1, 0.15) is 0 Å². The van der Waals surface area contributed by atoms with E-state index in [4.69, 9.17) is 4.74 Å². The number of ether oxygens (including phenoxy) is 1. The second kappa shape index (κ2) is 11.0. The molecular weight excluding hydrogens is 407 g/mol. The van der Waals surface area contributed by atoms with Gasteiger partial charge in [0.15, 0.2) is 5.96 Å². The van der Waals surface area contributed by atoms with Gasteiger partial charge in [-0.05, 0) is 56.0 Å². The van der Waals surface area contributed by atoms with E-state index >= 15 is 0 Å². The number of rotatable bonds is 9. The van der Waals surface area contributed by atoms with Crippen molar-refractivity contribution >= 4 is 11.6 Å². The van der Waals surface area contributed by atoms with E-state index in [-0.39, 0.29) is 6.54 Å². The highest BCUT2D eigenvalue weighted by molar-refractivity contribution is 5.79. The number of piperazine rings is 1. The highest BCUT2D eigenvalue weighted by atomic mass is 19.4. The normalized spacial score (nSPS) is 18.4. The van der Waals surface area contributed by atoms with Crippen molar-refractivity contribution in [1.29, 1.82) is 0 Å². The first kappa shape index (κ1) is 23.7. The van der Waals surface area contributed by atoms with Crippen LogP contribution in [0.25, 0.3) is 0 Å². The van der Waals surface area contributed by atoms with Crippen LogP contribution in [0.1, 0.15) is 30.4 Å². The Labute approximate surface area is 182 Å². The quantitative estimate of drug-likeness (QED) is 0.351. The van der Waals surface area contributed by atoms with Crippen molar-refractivity contribution in [3.63, 3.8) is 0 Å². The molecule has 0 bridgehead atoms. The summed E-state index contributed by atoms with van der Waals surface area (Å²) in [4.78, 5) is 8.57. The number of nitrogens with one attached hydrogen (secondary N) is 2. The number of halogens is 3. The summed E-state index contributed by atoms with van der Waals surface area (Å²) < 4.78 is 45.5. The molecule has 1 aliphatic carbocycles. The number of alkyl halides is 3. The number of guanidine groups is 1. The van der Waals surface area contributed by atoms with Gasteiger partial charge >= 0.3 is 6.18 Å². The molecule has 1 saturated heterocycles. The maximum atomic E-state index is 13.3. The summed E-state index contributed by atoms with van der Waals surface area (Å²) in [6.07, 6.45) is -0.958. The van der Waals surface area contributed by atoms with Crippen LogP contribution in [0.3, 0.4) is 0 Å². The number of aliphatic imine (C=N–C) groups is 1. The van der Waals surface area contributed by atoms with Gasteiger partial charge in [0.25, 0.3) is 0 Å².